The number of ether oxygens (including phenoxy) is 1. The van der Waals surface area contributed by atoms with Gasteiger partial charge < -0.3 is 20.6 Å². The molecule has 5 heteroatoms. The second-order valence-corrected chi connectivity index (χ2v) is 4.35. The first-order valence-electron chi connectivity index (χ1n) is 5.97. The molecule has 0 aromatic rings. The third-order valence-corrected chi connectivity index (χ3v) is 3.08. The molecule has 1 aliphatic rings. The number of likely N-dealkylation sites (tertiary alicyclic amines) is 1. The Bertz CT molecular complexity index is 221. The smallest absolute Gasteiger partial charge is 0.139 e. The fourth-order valence-corrected chi connectivity index (χ4v) is 2.10. The molecule has 16 heavy (non-hydrogen) atoms. The zero-order valence-electron chi connectivity index (χ0n) is 10.1. The molecule has 0 aliphatic carbocycles. The van der Waals surface area contributed by atoms with Crippen LogP contribution in [-0.4, -0.2) is 48.8 Å². The second kappa shape index (κ2) is 7.46. The largest absolute Gasteiger partial charge is 0.409 e. The summed E-state index contributed by atoms with van der Waals surface area (Å²) >= 11 is 0. The van der Waals surface area contributed by atoms with Gasteiger partial charge in [-0.2, -0.15) is 0 Å². The first-order chi connectivity index (χ1) is 7.76. The fraction of sp³-hybridized carbons (Fsp3) is 0.909. The van der Waals surface area contributed by atoms with Crippen LogP contribution in [0.3, 0.4) is 0 Å². The van der Waals surface area contributed by atoms with Gasteiger partial charge in [-0.3, -0.25) is 0 Å². The van der Waals surface area contributed by atoms with E-state index in [0.717, 1.165) is 25.9 Å². The van der Waals surface area contributed by atoms with Crippen LogP contribution in [0.2, 0.25) is 0 Å². The van der Waals surface area contributed by atoms with Crippen molar-refractivity contribution in [2.24, 2.45) is 10.9 Å². The van der Waals surface area contributed by atoms with Crippen molar-refractivity contribution >= 4 is 5.84 Å². The molecule has 0 aromatic heterocycles. The third kappa shape index (κ3) is 4.81. The number of rotatable bonds is 6. The van der Waals surface area contributed by atoms with E-state index in [-0.39, 0.29) is 0 Å². The standard InChI is InChI=1S/C11H23N3O2/c1-16-10-5-4-8-14(9-10)7-3-2-6-11(12)13-15/h10,15H,2-9H2,1H3,(H2,12,13). The second-order valence-electron chi connectivity index (χ2n) is 4.35. The first kappa shape index (κ1) is 13.3. The minimum atomic E-state index is 0.327. The average molecular weight is 229 g/mol. The van der Waals surface area contributed by atoms with E-state index >= 15 is 0 Å². The minimum Gasteiger partial charge on any atom is -0.409 e. The van der Waals surface area contributed by atoms with Crippen LogP contribution in [0.5, 0.6) is 0 Å². The molecule has 0 radical (unpaired) electrons. The van der Waals surface area contributed by atoms with Gasteiger partial charge in [0, 0.05) is 20.1 Å². The van der Waals surface area contributed by atoms with E-state index in [2.05, 4.69) is 10.1 Å². The Morgan fingerprint density at radius 1 is 1.56 bits per heavy atom. The van der Waals surface area contributed by atoms with Crippen molar-refractivity contribution in [1.29, 1.82) is 0 Å². The highest BCUT2D eigenvalue weighted by Gasteiger charge is 2.18. The summed E-state index contributed by atoms with van der Waals surface area (Å²) in [6, 6.07) is 0. The Morgan fingerprint density at radius 3 is 3.06 bits per heavy atom. The quantitative estimate of drug-likeness (QED) is 0.234. The number of hydrogen-bond donors (Lipinski definition) is 2. The lowest BCUT2D eigenvalue weighted by molar-refractivity contribution is 0.0310. The van der Waals surface area contributed by atoms with E-state index in [1.54, 1.807) is 7.11 Å². The van der Waals surface area contributed by atoms with Gasteiger partial charge in [0.05, 0.1) is 6.10 Å². The molecule has 1 fully saturated rings. The molecule has 5 nitrogen and oxygen atoms in total. The van der Waals surface area contributed by atoms with Gasteiger partial charge in [-0.15, -0.1) is 0 Å². The Balaban J connectivity index is 2.08. The van der Waals surface area contributed by atoms with E-state index in [0.29, 0.717) is 18.4 Å². The molecular weight excluding hydrogens is 206 g/mol. The molecular formula is C11H23N3O2. The molecule has 0 bridgehead atoms. The Hall–Kier alpha value is -0.810. The van der Waals surface area contributed by atoms with Gasteiger partial charge in [0.2, 0.25) is 0 Å². The van der Waals surface area contributed by atoms with Gasteiger partial charge in [-0.25, -0.2) is 0 Å². The lowest BCUT2D eigenvalue weighted by Gasteiger charge is -2.31. The summed E-state index contributed by atoms with van der Waals surface area (Å²) in [6.07, 6.45) is 5.54. The number of nitrogens with two attached hydrogens (primary N) is 1. The van der Waals surface area contributed by atoms with Gasteiger partial charge in [0.25, 0.3) is 0 Å². The average Bonchev–Trinajstić information content (AvgIpc) is 2.34. The van der Waals surface area contributed by atoms with Crippen molar-refractivity contribution in [3.05, 3.63) is 0 Å². The van der Waals surface area contributed by atoms with Crippen molar-refractivity contribution in [1.82, 2.24) is 4.90 Å². The number of methoxy groups -OCH3 is 1. The number of hydrogen-bond acceptors (Lipinski definition) is 4. The van der Waals surface area contributed by atoms with Gasteiger partial charge in [0.15, 0.2) is 0 Å². The van der Waals surface area contributed by atoms with E-state index in [1.165, 1.54) is 19.4 Å². The van der Waals surface area contributed by atoms with Crippen LogP contribution >= 0.6 is 0 Å². The highest BCUT2D eigenvalue weighted by atomic mass is 16.5. The van der Waals surface area contributed by atoms with E-state index in [1.807, 2.05) is 0 Å². The van der Waals surface area contributed by atoms with E-state index < -0.39 is 0 Å². The molecule has 0 spiro atoms. The van der Waals surface area contributed by atoms with Crippen LogP contribution < -0.4 is 5.73 Å². The fourth-order valence-electron chi connectivity index (χ4n) is 2.10. The van der Waals surface area contributed by atoms with E-state index in [9.17, 15) is 0 Å². The summed E-state index contributed by atoms with van der Waals surface area (Å²) in [7, 11) is 1.78. The van der Waals surface area contributed by atoms with Gasteiger partial charge in [0.1, 0.15) is 5.84 Å². The summed E-state index contributed by atoms with van der Waals surface area (Å²) in [5.41, 5.74) is 5.40. The summed E-state index contributed by atoms with van der Waals surface area (Å²) in [5, 5.41) is 11.3. The third-order valence-electron chi connectivity index (χ3n) is 3.08. The number of oxime groups is 1. The normalized spacial score (nSPS) is 23.6. The molecule has 1 rings (SSSR count). The molecule has 94 valence electrons. The van der Waals surface area contributed by atoms with Gasteiger partial charge in [-0.1, -0.05) is 5.16 Å². The SMILES string of the molecule is COC1CCCN(CCCCC(N)=NO)C1. The van der Waals surface area contributed by atoms with Crippen molar-refractivity contribution < 1.29 is 9.94 Å². The van der Waals surface area contributed by atoms with Crippen LogP contribution in [0.15, 0.2) is 5.16 Å². The van der Waals surface area contributed by atoms with Crippen molar-refractivity contribution in [3.8, 4) is 0 Å². The molecule has 1 heterocycles. The van der Waals surface area contributed by atoms with E-state index in [4.69, 9.17) is 15.7 Å². The van der Waals surface area contributed by atoms with Crippen molar-refractivity contribution in [2.75, 3.05) is 26.7 Å². The van der Waals surface area contributed by atoms with Crippen molar-refractivity contribution in [3.63, 3.8) is 0 Å². The zero-order valence-corrected chi connectivity index (χ0v) is 10.1. The number of piperidine rings is 1. The maximum Gasteiger partial charge on any atom is 0.139 e. The maximum atomic E-state index is 8.39. The molecule has 0 aromatic carbocycles. The lowest BCUT2D eigenvalue weighted by Crippen LogP contribution is -2.39. The van der Waals surface area contributed by atoms with Crippen LogP contribution in [0, 0.1) is 0 Å². The number of nitrogens with zero attached hydrogens (tertiary/aromatic N) is 2. The highest BCUT2D eigenvalue weighted by Crippen LogP contribution is 2.13. The summed E-state index contributed by atoms with van der Waals surface area (Å²) in [5.74, 6) is 0.327. The minimum absolute atomic E-state index is 0.327. The summed E-state index contributed by atoms with van der Waals surface area (Å²) < 4.78 is 5.37. The first-order valence-corrected chi connectivity index (χ1v) is 5.97. The summed E-state index contributed by atoms with van der Waals surface area (Å²) in [6.45, 7) is 3.29. The Morgan fingerprint density at radius 2 is 2.38 bits per heavy atom. The summed E-state index contributed by atoms with van der Waals surface area (Å²) in [4.78, 5) is 2.43. The lowest BCUT2D eigenvalue weighted by atomic mass is 10.1. The highest BCUT2D eigenvalue weighted by molar-refractivity contribution is 5.79. The van der Waals surface area contributed by atoms with Gasteiger partial charge in [-0.05, 0) is 38.8 Å². The molecule has 0 amide bonds. The molecule has 3 N–H and O–H groups in total. The van der Waals surface area contributed by atoms with Crippen LogP contribution in [0.4, 0.5) is 0 Å². The Kier molecular flexibility index (Phi) is 6.18. The van der Waals surface area contributed by atoms with Crippen LogP contribution in [-0.2, 0) is 4.74 Å². The van der Waals surface area contributed by atoms with Crippen LogP contribution in [0.1, 0.15) is 32.1 Å². The van der Waals surface area contributed by atoms with Gasteiger partial charge >= 0.3 is 0 Å². The Labute approximate surface area is 97.2 Å². The topological polar surface area (TPSA) is 71.1 Å². The molecule has 1 aliphatic heterocycles. The predicted molar refractivity (Wildman–Crippen MR) is 63.7 cm³/mol. The maximum absolute atomic E-state index is 8.39. The molecule has 1 atom stereocenters. The van der Waals surface area contributed by atoms with Crippen LogP contribution in [0.25, 0.3) is 0 Å². The zero-order chi connectivity index (χ0) is 11.8. The predicted octanol–water partition coefficient (Wildman–Crippen LogP) is 1.01. The molecule has 1 unspecified atom stereocenters. The molecule has 0 saturated carbocycles. The van der Waals surface area contributed by atoms with Crippen molar-refractivity contribution in [2.45, 2.75) is 38.2 Å². The number of amidine groups is 1. The monoisotopic (exact) mass is 229 g/mol. The number of unbranched alkanes of at least 4 members (excludes halogenated alkanes) is 1. The molecule has 1 saturated heterocycles.